The van der Waals surface area contributed by atoms with Gasteiger partial charge in [0.05, 0.1) is 0 Å². The fourth-order valence-corrected chi connectivity index (χ4v) is 9.61. The second kappa shape index (κ2) is 11.2. The number of hydrogen-bond donors (Lipinski definition) is 0. The van der Waals surface area contributed by atoms with Crippen molar-refractivity contribution < 1.29 is 0 Å². The maximum absolute atomic E-state index is 2.41. The Bertz CT molecular complexity index is 3060. The molecular formula is C53H36. The summed E-state index contributed by atoms with van der Waals surface area (Å²) in [5.74, 6) is 0. The highest BCUT2D eigenvalue weighted by Crippen LogP contribution is 2.53. The first-order valence-electron chi connectivity index (χ1n) is 18.7. The minimum Gasteiger partial charge on any atom is -0.0616 e. The molecular weight excluding hydrogens is 637 g/mol. The molecule has 0 saturated heterocycles. The van der Waals surface area contributed by atoms with Gasteiger partial charge in [0.25, 0.3) is 0 Å². The molecule has 1 aliphatic carbocycles. The van der Waals surface area contributed by atoms with Crippen LogP contribution < -0.4 is 0 Å². The van der Waals surface area contributed by atoms with Crippen molar-refractivity contribution in [2.75, 3.05) is 0 Å². The van der Waals surface area contributed by atoms with Crippen molar-refractivity contribution in [2.45, 2.75) is 19.3 Å². The monoisotopic (exact) mass is 672 g/mol. The molecule has 1 aliphatic rings. The van der Waals surface area contributed by atoms with E-state index >= 15 is 0 Å². The molecule has 248 valence electrons. The van der Waals surface area contributed by atoms with E-state index in [-0.39, 0.29) is 5.41 Å². The van der Waals surface area contributed by atoms with Crippen LogP contribution in [0.3, 0.4) is 0 Å². The summed E-state index contributed by atoms with van der Waals surface area (Å²) in [6.45, 7) is 4.78. The Morgan fingerprint density at radius 3 is 1.51 bits per heavy atom. The molecule has 11 rings (SSSR count). The van der Waals surface area contributed by atoms with E-state index in [1.54, 1.807) is 0 Å². The molecule has 0 amide bonds. The molecule has 0 aliphatic heterocycles. The number of benzene rings is 10. The lowest BCUT2D eigenvalue weighted by atomic mass is 9.78. The van der Waals surface area contributed by atoms with Crippen LogP contribution >= 0.6 is 0 Å². The average molecular weight is 673 g/mol. The van der Waals surface area contributed by atoms with Crippen LogP contribution in [-0.2, 0) is 5.41 Å². The van der Waals surface area contributed by atoms with Gasteiger partial charge in [-0.3, -0.25) is 0 Å². The third-order valence-electron chi connectivity index (χ3n) is 12.0. The van der Waals surface area contributed by atoms with Crippen LogP contribution in [-0.4, -0.2) is 0 Å². The van der Waals surface area contributed by atoms with Crippen LogP contribution in [0.1, 0.15) is 25.0 Å². The Balaban J connectivity index is 1.09. The molecule has 0 heteroatoms. The van der Waals surface area contributed by atoms with E-state index in [9.17, 15) is 0 Å². The van der Waals surface area contributed by atoms with Gasteiger partial charge in [-0.15, -0.1) is 0 Å². The molecule has 53 heavy (non-hydrogen) atoms. The predicted molar refractivity (Wildman–Crippen MR) is 228 cm³/mol. The molecule has 0 saturated carbocycles. The lowest BCUT2D eigenvalue weighted by Gasteiger charge is -2.25. The summed E-state index contributed by atoms with van der Waals surface area (Å²) in [6, 6.07) is 67.9. The zero-order valence-corrected chi connectivity index (χ0v) is 29.8. The van der Waals surface area contributed by atoms with Gasteiger partial charge in [-0.2, -0.15) is 0 Å². The minimum absolute atomic E-state index is 0.111. The molecule has 10 aromatic carbocycles. The molecule has 0 fully saturated rings. The van der Waals surface area contributed by atoms with Crippen molar-refractivity contribution >= 4 is 53.9 Å². The standard InChI is InChI=1S/C53H36/c1-53(2)49-32-37-15-4-3-14-36(37)31-48(49)47-24-11-21-39(52(47)53)34-25-27-35(28-26-34)50-43-17-7-9-19-45(43)51(46-20-10-8-18-44(46)50)42-23-12-22-40-38-16-6-5-13-33(38)29-30-41(40)42/h3-32H,1-2H3. The summed E-state index contributed by atoms with van der Waals surface area (Å²) in [6.07, 6.45) is 0. The zero-order chi connectivity index (χ0) is 35.3. The summed E-state index contributed by atoms with van der Waals surface area (Å²) >= 11 is 0. The van der Waals surface area contributed by atoms with Crippen molar-refractivity contribution in [3.8, 4) is 44.5 Å². The largest absolute Gasteiger partial charge is 0.0616 e. The van der Waals surface area contributed by atoms with Gasteiger partial charge < -0.3 is 0 Å². The van der Waals surface area contributed by atoms with Gasteiger partial charge in [-0.25, -0.2) is 0 Å². The third kappa shape index (κ3) is 4.36. The molecule has 0 N–H and O–H groups in total. The minimum atomic E-state index is -0.111. The molecule has 0 bridgehead atoms. The highest BCUT2D eigenvalue weighted by Gasteiger charge is 2.37. The summed E-state index contributed by atoms with van der Waals surface area (Å²) in [7, 11) is 0. The van der Waals surface area contributed by atoms with Gasteiger partial charge in [0.15, 0.2) is 0 Å². The highest BCUT2D eigenvalue weighted by molar-refractivity contribution is 6.24. The third-order valence-corrected chi connectivity index (χ3v) is 12.0. The fraction of sp³-hybridized carbons (Fsp3) is 0.0566. The first-order valence-corrected chi connectivity index (χ1v) is 18.7. The summed E-state index contributed by atoms with van der Waals surface area (Å²) < 4.78 is 0. The van der Waals surface area contributed by atoms with E-state index in [1.165, 1.54) is 109 Å². The summed E-state index contributed by atoms with van der Waals surface area (Å²) in [5, 5.41) is 12.8. The Labute approximate surface area is 309 Å². The van der Waals surface area contributed by atoms with E-state index in [0.717, 1.165) is 0 Å². The number of hydrogen-bond acceptors (Lipinski definition) is 0. The lowest BCUT2D eigenvalue weighted by molar-refractivity contribution is 0.663. The molecule has 0 aromatic heterocycles. The fourth-order valence-electron chi connectivity index (χ4n) is 9.61. The van der Waals surface area contributed by atoms with Crippen LogP contribution in [0.25, 0.3) is 98.4 Å². The van der Waals surface area contributed by atoms with E-state index in [0.29, 0.717) is 0 Å². The second-order valence-electron chi connectivity index (χ2n) is 15.2. The van der Waals surface area contributed by atoms with Gasteiger partial charge in [0.1, 0.15) is 0 Å². The smallest absolute Gasteiger partial charge is 0.0165 e. The average Bonchev–Trinajstić information content (AvgIpc) is 3.44. The Morgan fingerprint density at radius 2 is 0.811 bits per heavy atom. The van der Waals surface area contributed by atoms with E-state index in [2.05, 4.69) is 196 Å². The highest BCUT2D eigenvalue weighted by atomic mass is 14.4. The maximum atomic E-state index is 2.41. The van der Waals surface area contributed by atoms with Crippen LogP contribution in [0, 0.1) is 0 Å². The van der Waals surface area contributed by atoms with Crippen LogP contribution in [0.15, 0.2) is 182 Å². The first-order chi connectivity index (χ1) is 26.1. The van der Waals surface area contributed by atoms with Crippen molar-refractivity contribution in [3.05, 3.63) is 193 Å². The SMILES string of the molecule is CC1(C)c2cc3ccccc3cc2-c2cccc(-c3ccc(-c4c5ccccc5c(-c5cccc6c5ccc5ccccc56)c5ccccc45)cc3)c21. The molecule has 0 unspecified atom stereocenters. The zero-order valence-electron chi connectivity index (χ0n) is 29.8. The van der Waals surface area contributed by atoms with Crippen molar-refractivity contribution in [2.24, 2.45) is 0 Å². The molecule has 0 heterocycles. The van der Waals surface area contributed by atoms with Gasteiger partial charge in [-0.05, 0) is 122 Å². The quantitative estimate of drug-likeness (QED) is 0.129. The molecule has 10 aromatic rings. The second-order valence-corrected chi connectivity index (χ2v) is 15.2. The summed E-state index contributed by atoms with van der Waals surface area (Å²) in [5.41, 5.74) is 13.1. The Hall–Kier alpha value is -6.50. The number of rotatable bonds is 3. The Kier molecular flexibility index (Phi) is 6.40. The topological polar surface area (TPSA) is 0 Å². The van der Waals surface area contributed by atoms with Crippen molar-refractivity contribution in [1.29, 1.82) is 0 Å². The van der Waals surface area contributed by atoms with Gasteiger partial charge in [0, 0.05) is 5.41 Å². The maximum Gasteiger partial charge on any atom is 0.0165 e. The molecule has 0 radical (unpaired) electrons. The van der Waals surface area contributed by atoms with Gasteiger partial charge in [-0.1, -0.05) is 184 Å². The van der Waals surface area contributed by atoms with Crippen LogP contribution in [0.2, 0.25) is 0 Å². The lowest BCUT2D eigenvalue weighted by Crippen LogP contribution is -2.16. The predicted octanol–water partition coefficient (Wildman–Crippen LogP) is 14.8. The summed E-state index contributed by atoms with van der Waals surface area (Å²) in [4.78, 5) is 0. The number of fused-ring (bicyclic) bond motifs is 9. The van der Waals surface area contributed by atoms with Crippen molar-refractivity contribution in [3.63, 3.8) is 0 Å². The normalized spacial score (nSPS) is 13.2. The van der Waals surface area contributed by atoms with Crippen LogP contribution in [0.4, 0.5) is 0 Å². The molecule has 0 atom stereocenters. The first kappa shape index (κ1) is 30.2. The van der Waals surface area contributed by atoms with Gasteiger partial charge in [0.2, 0.25) is 0 Å². The van der Waals surface area contributed by atoms with E-state index in [4.69, 9.17) is 0 Å². The Morgan fingerprint density at radius 1 is 0.302 bits per heavy atom. The van der Waals surface area contributed by atoms with Crippen molar-refractivity contribution in [1.82, 2.24) is 0 Å². The van der Waals surface area contributed by atoms with Gasteiger partial charge >= 0.3 is 0 Å². The van der Waals surface area contributed by atoms with Crippen LogP contribution in [0.5, 0.6) is 0 Å². The molecule has 0 nitrogen and oxygen atoms in total. The van der Waals surface area contributed by atoms with E-state index in [1.807, 2.05) is 0 Å². The van der Waals surface area contributed by atoms with E-state index < -0.39 is 0 Å². The molecule has 0 spiro atoms.